The largest absolute Gasteiger partial charge is 0.372 e. The first-order chi connectivity index (χ1) is 16.1. The van der Waals surface area contributed by atoms with Gasteiger partial charge >= 0.3 is 0 Å². The van der Waals surface area contributed by atoms with Crippen molar-refractivity contribution < 1.29 is 0 Å². The minimum absolute atomic E-state index is 0.0524. The molecular weight excluding hydrogens is 421 g/mol. The lowest BCUT2D eigenvalue weighted by Crippen LogP contribution is -2.30. The van der Waals surface area contributed by atoms with Crippen molar-refractivity contribution in [2.24, 2.45) is 16.0 Å². The molecule has 0 aliphatic heterocycles. The molecule has 0 fully saturated rings. The Morgan fingerprint density at radius 1 is 1.15 bits per heavy atom. The van der Waals surface area contributed by atoms with Gasteiger partial charge in [-0.1, -0.05) is 47.5 Å². The smallest absolute Gasteiger partial charge is 0.277 e. The lowest BCUT2D eigenvalue weighted by Gasteiger charge is -2.21. The highest BCUT2D eigenvalue weighted by atomic mass is 16.1. The molecule has 0 aliphatic carbocycles. The molecule has 0 N–H and O–H groups in total. The average molecular weight is 461 g/mol. The van der Waals surface area contributed by atoms with Gasteiger partial charge in [0, 0.05) is 30.6 Å². The van der Waals surface area contributed by atoms with Gasteiger partial charge in [-0.25, -0.2) is 4.98 Å². The fraction of sp³-hybridized carbons (Fsp3) is 0.556. The van der Waals surface area contributed by atoms with Gasteiger partial charge in [-0.05, 0) is 62.2 Å². The van der Waals surface area contributed by atoms with Gasteiger partial charge in [0.2, 0.25) is 0 Å². The van der Waals surface area contributed by atoms with Crippen molar-refractivity contribution in [2.75, 3.05) is 18.0 Å². The molecular formula is C27H40BN5O. The molecule has 1 aromatic carbocycles. The predicted molar refractivity (Wildman–Crippen MR) is 147 cm³/mol. The van der Waals surface area contributed by atoms with Crippen LogP contribution >= 0.6 is 0 Å². The van der Waals surface area contributed by atoms with E-state index >= 15 is 0 Å². The minimum atomic E-state index is -0.372. The number of rotatable bonds is 11. The minimum Gasteiger partial charge on any atom is -0.372 e. The zero-order valence-corrected chi connectivity index (χ0v) is 22.2. The van der Waals surface area contributed by atoms with Crippen LogP contribution in [0.2, 0.25) is 0 Å². The summed E-state index contributed by atoms with van der Waals surface area (Å²) in [5, 5.41) is 4.47. The fourth-order valence-corrected chi connectivity index (χ4v) is 3.90. The molecule has 2 aromatic rings. The summed E-state index contributed by atoms with van der Waals surface area (Å²) >= 11 is 0. The van der Waals surface area contributed by atoms with E-state index in [1.165, 1.54) is 10.4 Å². The summed E-state index contributed by atoms with van der Waals surface area (Å²) in [7, 11) is 6.42. The third kappa shape index (κ3) is 6.68. The highest BCUT2D eigenvalue weighted by Crippen LogP contribution is 2.26. The maximum absolute atomic E-state index is 13.6. The Balaban J connectivity index is 2.63. The molecule has 0 spiro atoms. The van der Waals surface area contributed by atoms with E-state index in [2.05, 4.69) is 42.9 Å². The Labute approximate surface area is 206 Å². The van der Waals surface area contributed by atoms with Crippen LogP contribution in [0, 0.1) is 12.8 Å². The molecule has 2 rings (SSSR count). The summed E-state index contributed by atoms with van der Waals surface area (Å²) in [6.07, 6.45) is 4.99. The summed E-state index contributed by atoms with van der Waals surface area (Å²) in [6.45, 7) is 18.4. The first kappa shape index (κ1) is 27.5. The van der Waals surface area contributed by atoms with Gasteiger partial charge in [0.15, 0.2) is 5.82 Å². The second-order valence-corrected chi connectivity index (χ2v) is 9.35. The number of nitrogens with zero attached hydrogens (tertiary/aromatic N) is 5. The quantitative estimate of drug-likeness (QED) is 0.315. The third-order valence-corrected chi connectivity index (χ3v) is 5.78. The molecule has 6 nitrogen and oxygen atoms in total. The van der Waals surface area contributed by atoms with Gasteiger partial charge in [-0.15, -0.1) is 0 Å². The van der Waals surface area contributed by atoms with Crippen molar-refractivity contribution in [3.63, 3.8) is 0 Å². The third-order valence-electron chi connectivity index (χ3n) is 5.78. The maximum Gasteiger partial charge on any atom is 0.277 e. The first-order valence-corrected chi connectivity index (χ1v) is 12.5. The van der Waals surface area contributed by atoms with E-state index in [1.807, 2.05) is 40.7 Å². The van der Waals surface area contributed by atoms with Crippen molar-refractivity contribution in [3.05, 3.63) is 51.2 Å². The average Bonchev–Trinajstić information content (AvgIpc) is 2.78. The van der Waals surface area contributed by atoms with E-state index in [9.17, 15) is 4.79 Å². The summed E-state index contributed by atoms with van der Waals surface area (Å²) in [5.74, 6) is 0.273. The first-order valence-electron chi connectivity index (χ1n) is 12.5. The van der Waals surface area contributed by atoms with E-state index in [1.54, 1.807) is 12.4 Å². The molecule has 0 bridgehead atoms. The van der Waals surface area contributed by atoms with Crippen molar-refractivity contribution in [3.8, 4) is 0 Å². The fourth-order valence-electron chi connectivity index (χ4n) is 3.90. The van der Waals surface area contributed by atoms with Gasteiger partial charge in [-0.2, -0.15) is 9.78 Å². The molecule has 0 aliphatic rings. The molecule has 7 heteroatoms. The molecule has 2 radical (unpaired) electrons. The van der Waals surface area contributed by atoms with Crippen LogP contribution in [0.1, 0.15) is 95.7 Å². The predicted octanol–water partition coefficient (Wildman–Crippen LogP) is 5.77. The lowest BCUT2D eigenvalue weighted by atomic mass is 9.76. The van der Waals surface area contributed by atoms with Crippen LogP contribution in [-0.2, 0) is 0 Å². The Morgan fingerprint density at radius 2 is 1.82 bits per heavy atom. The highest BCUT2D eigenvalue weighted by Gasteiger charge is 2.22. The second-order valence-electron chi connectivity index (χ2n) is 9.35. The molecule has 1 aromatic heterocycles. The number of hydrogen-bond donors (Lipinski definition) is 0. The Kier molecular flexibility index (Phi) is 10.3. The van der Waals surface area contributed by atoms with E-state index < -0.39 is 0 Å². The SMILES string of the molecule is [B]C(CCC)c1c(C(C)C)nc(C=Nc2ccc(N(CC)CC)cc2C)n(/N=C/C(C)C)c1=O. The number of aliphatic imine (C=N–C) groups is 1. The summed E-state index contributed by atoms with van der Waals surface area (Å²) < 4.78 is 1.35. The van der Waals surface area contributed by atoms with Gasteiger partial charge in [-0.3, -0.25) is 9.79 Å². The van der Waals surface area contributed by atoms with Crippen LogP contribution in [0.25, 0.3) is 0 Å². The summed E-state index contributed by atoms with van der Waals surface area (Å²) in [5.41, 5.74) is 4.13. The van der Waals surface area contributed by atoms with Crippen molar-refractivity contribution in [1.82, 2.24) is 9.66 Å². The number of benzene rings is 1. The Morgan fingerprint density at radius 3 is 2.35 bits per heavy atom. The van der Waals surface area contributed by atoms with Crippen LogP contribution in [0.5, 0.6) is 0 Å². The summed E-state index contributed by atoms with van der Waals surface area (Å²) in [6, 6.07) is 6.23. The maximum atomic E-state index is 13.6. The molecule has 0 saturated carbocycles. The van der Waals surface area contributed by atoms with Crippen LogP contribution < -0.4 is 10.5 Å². The molecule has 1 unspecified atom stereocenters. The van der Waals surface area contributed by atoms with E-state index in [4.69, 9.17) is 17.8 Å². The Bertz CT molecular complexity index is 1070. The van der Waals surface area contributed by atoms with Crippen LogP contribution in [0.3, 0.4) is 0 Å². The topological polar surface area (TPSA) is 62.9 Å². The van der Waals surface area contributed by atoms with Gasteiger partial charge in [0.1, 0.15) is 0 Å². The number of aryl methyl sites for hydroxylation is 1. The standard InChI is InChI=1S/C27H40BN5O/c1-9-12-22(28)25-26(19(6)7)31-24(33(27(25)34)30-16-18(4)5)17-29-23-14-13-21(15-20(23)8)32(10-2)11-3/h13-19,22H,9-12H2,1-8H3/b29-17?,30-16+. The van der Waals surface area contributed by atoms with Crippen LogP contribution in [0.15, 0.2) is 33.1 Å². The van der Waals surface area contributed by atoms with Crippen molar-refractivity contribution in [2.45, 2.75) is 80.0 Å². The monoisotopic (exact) mass is 461 g/mol. The second kappa shape index (κ2) is 12.7. The number of anilines is 1. The molecule has 34 heavy (non-hydrogen) atoms. The van der Waals surface area contributed by atoms with Gasteiger partial charge in [0.05, 0.1) is 25.4 Å². The van der Waals surface area contributed by atoms with E-state index in [0.717, 1.165) is 42.9 Å². The number of aromatic nitrogens is 2. The normalized spacial score (nSPS) is 13.0. The van der Waals surface area contributed by atoms with Crippen molar-refractivity contribution >= 4 is 31.7 Å². The van der Waals surface area contributed by atoms with Crippen LogP contribution in [0.4, 0.5) is 11.4 Å². The summed E-state index contributed by atoms with van der Waals surface area (Å²) in [4.78, 5) is 25.4. The molecule has 0 amide bonds. The van der Waals surface area contributed by atoms with E-state index in [-0.39, 0.29) is 23.2 Å². The van der Waals surface area contributed by atoms with Crippen LogP contribution in [-0.4, -0.2) is 43.0 Å². The lowest BCUT2D eigenvalue weighted by molar-refractivity contribution is 0.671. The zero-order chi connectivity index (χ0) is 25.4. The molecule has 1 atom stereocenters. The van der Waals surface area contributed by atoms with Gasteiger partial charge < -0.3 is 4.90 Å². The highest BCUT2D eigenvalue weighted by molar-refractivity contribution is 6.12. The number of hydrogen-bond acceptors (Lipinski definition) is 5. The Hall–Kier alpha value is -2.70. The molecule has 1 heterocycles. The van der Waals surface area contributed by atoms with E-state index in [0.29, 0.717) is 11.4 Å². The van der Waals surface area contributed by atoms with Gasteiger partial charge in [0.25, 0.3) is 5.56 Å². The van der Waals surface area contributed by atoms with Crippen molar-refractivity contribution in [1.29, 1.82) is 0 Å². The zero-order valence-electron chi connectivity index (χ0n) is 22.2. The molecule has 0 saturated heterocycles. The molecule has 182 valence electrons.